The van der Waals surface area contributed by atoms with Crippen molar-refractivity contribution in [3.8, 4) is 0 Å². The number of nitrogens with one attached hydrogen (secondary N) is 5. The number of H-pyrrole nitrogens is 1. The highest BCUT2D eigenvalue weighted by Crippen LogP contribution is 2.20. The zero-order valence-electron chi connectivity index (χ0n) is 22.4. The van der Waals surface area contributed by atoms with E-state index in [9.17, 15) is 19.2 Å². The standard InChI is InChI=1S/C19H23N7O6.C6H15N/c20-19-25-15-14(17(30)26-19)23-11(8-22-15)7-21-10-3-1-9(2-4-10)16(29)24-12(18(31)32)5-6-13(27)28;1-4-7(5-2)6-3/h1-4,11-12,21,23H,5-8H2,(H,24,29)(H,27,28)(H,31,32)(H4,20,22,25,26,30);4-6H2,1-3H3/t11-,12+;/m1./s1. The summed E-state index contributed by atoms with van der Waals surface area (Å²) in [6.07, 6.45) is -0.587. The molecule has 2 heterocycles. The molecule has 0 bridgehead atoms. The van der Waals surface area contributed by atoms with E-state index in [4.69, 9.17) is 15.9 Å². The molecule has 1 aliphatic rings. The van der Waals surface area contributed by atoms with Crippen molar-refractivity contribution in [3.05, 3.63) is 40.2 Å². The Morgan fingerprint density at radius 1 is 1.13 bits per heavy atom. The van der Waals surface area contributed by atoms with Gasteiger partial charge in [-0.15, -0.1) is 0 Å². The second-order valence-corrected chi connectivity index (χ2v) is 8.77. The van der Waals surface area contributed by atoms with Gasteiger partial charge in [0.05, 0.1) is 6.04 Å². The number of hydrogen-bond acceptors (Lipinski definition) is 10. The third-order valence-corrected chi connectivity index (χ3v) is 6.10. The van der Waals surface area contributed by atoms with E-state index in [1.165, 1.54) is 31.8 Å². The van der Waals surface area contributed by atoms with Crippen LogP contribution in [0.5, 0.6) is 0 Å². The Morgan fingerprint density at radius 3 is 2.31 bits per heavy atom. The minimum atomic E-state index is -1.30. The third kappa shape index (κ3) is 9.81. The van der Waals surface area contributed by atoms with Crippen molar-refractivity contribution in [1.82, 2.24) is 20.2 Å². The number of benzene rings is 1. The van der Waals surface area contributed by atoms with E-state index in [1.54, 1.807) is 12.1 Å². The monoisotopic (exact) mass is 546 g/mol. The summed E-state index contributed by atoms with van der Waals surface area (Å²) in [5.74, 6) is -2.55. The van der Waals surface area contributed by atoms with Crippen LogP contribution in [0.25, 0.3) is 0 Å². The molecule has 0 aliphatic carbocycles. The Hall–Kier alpha value is -4.33. The number of nitrogen functional groups attached to an aromatic ring is 1. The number of nitrogens with zero attached hydrogens (tertiary/aromatic N) is 2. The van der Waals surface area contributed by atoms with Crippen LogP contribution >= 0.6 is 0 Å². The van der Waals surface area contributed by atoms with Crippen LogP contribution in [0.4, 0.5) is 23.1 Å². The summed E-state index contributed by atoms with van der Waals surface area (Å²) in [6.45, 7) is 11.1. The average molecular weight is 547 g/mol. The SMILES string of the molecule is CCN(CC)CC.Nc1nc(=O)c2c([nH]1)NC[C@@H](CNc1ccc(C(=O)N[C@@H](CCC(=O)O)C(=O)O)cc1)N2. The maximum absolute atomic E-state index is 12.3. The number of aliphatic carboxylic acids is 2. The third-order valence-electron chi connectivity index (χ3n) is 6.10. The van der Waals surface area contributed by atoms with E-state index >= 15 is 0 Å². The van der Waals surface area contributed by atoms with E-state index < -0.39 is 29.4 Å². The van der Waals surface area contributed by atoms with Crippen molar-refractivity contribution < 1.29 is 24.6 Å². The number of fused-ring (bicyclic) bond motifs is 1. The van der Waals surface area contributed by atoms with Crippen molar-refractivity contribution in [1.29, 1.82) is 0 Å². The van der Waals surface area contributed by atoms with Crippen LogP contribution in [0, 0.1) is 0 Å². The number of aromatic amines is 1. The van der Waals surface area contributed by atoms with Gasteiger partial charge in [-0.2, -0.15) is 4.98 Å². The van der Waals surface area contributed by atoms with E-state index in [-0.39, 0.29) is 30.4 Å². The summed E-state index contributed by atoms with van der Waals surface area (Å²) in [7, 11) is 0. The molecule has 39 heavy (non-hydrogen) atoms. The molecule has 1 amide bonds. The number of anilines is 4. The van der Waals surface area contributed by atoms with Crippen molar-refractivity contribution in [2.45, 2.75) is 45.7 Å². The van der Waals surface area contributed by atoms with E-state index in [0.717, 1.165) is 0 Å². The zero-order chi connectivity index (χ0) is 28.9. The highest BCUT2D eigenvalue weighted by Gasteiger charge is 2.22. The first-order valence-electron chi connectivity index (χ1n) is 12.8. The molecule has 0 saturated carbocycles. The van der Waals surface area contributed by atoms with Crippen molar-refractivity contribution in [2.75, 3.05) is 54.4 Å². The average Bonchev–Trinajstić information content (AvgIpc) is 2.91. The first kappa shape index (κ1) is 30.9. The first-order chi connectivity index (χ1) is 18.6. The van der Waals surface area contributed by atoms with Crippen LogP contribution in [0.3, 0.4) is 0 Å². The highest BCUT2D eigenvalue weighted by molar-refractivity contribution is 5.96. The number of carbonyl (C=O) groups is 3. The maximum atomic E-state index is 12.3. The van der Waals surface area contributed by atoms with Crippen LogP contribution in [-0.4, -0.2) is 87.7 Å². The molecule has 1 aromatic heterocycles. The van der Waals surface area contributed by atoms with Gasteiger partial charge in [0.15, 0.2) is 0 Å². The maximum Gasteiger partial charge on any atom is 0.326 e. The summed E-state index contributed by atoms with van der Waals surface area (Å²) in [6, 6.07) is 4.93. The van der Waals surface area contributed by atoms with Crippen LogP contribution in [-0.2, 0) is 9.59 Å². The largest absolute Gasteiger partial charge is 0.481 e. The second-order valence-electron chi connectivity index (χ2n) is 8.77. The van der Waals surface area contributed by atoms with Gasteiger partial charge in [0.2, 0.25) is 5.95 Å². The molecule has 1 aromatic carbocycles. The molecule has 14 nitrogen and oxygen atoms in total. The van der Waals surface area contributed by atoms with Crippen molar-refractivity contribution in [2.24, 2.45) is 0 Å². The topological polar surface area (TPSA) is 215 Å². The molecule has 9 N–H and O–H groups in total. The number of aromatic nitrogens is 2. The summed E-state index contributed by atoms with van der Waals surface area (Å²) < 4.78 is 0. The van der Waals surface area contributed by atoms with Crippen LogP contribution in [0.15, 0.2) is 29.1 Å². The molecular formula is C25H38N8O6. The van der Waals surface area contributed by atoms with E-state index in [0.29, 0.717) is 30.3 Å². The molecule has 3 rings (SSSR count). The van der Waals surface area contributed by atoms with Gasteiger partial charge in [0.1, 0.15) is 17.5 Å². The van der Waals surface area contributed by atoms with Gasteiger partial charge in [-0.25, -0.2) is 4.79 Å². The fraction of sp³-hybridized carbons (Fsp3) is 0.480. The number of hydrogen-bond donors (Lipinski definition) is 8. The molecule has 14 heteroatoms. The Labute approximate surface area is 226 Å². The first-order valence-corrected chi connectivity index (χ1v) is 12.8. The lowest BCUT2D eigenvalue weighted by Crippen LogP contribution is -2.41. The van der Waals surface area contributed by atoms with Gasteiger partial charge >= 0.3 is 11.9 Å². The molecule has 2 atom stereocenters. The van der Waals surface area contributed by atoms with Gasteiger partial charge in [0.25, 0.3) is 11.5 Å². The molecule has 2 aromatic rings. The Kier molecular flexibility index (Phi) is 12.0. The summed E-state index contributed by atoms with van der Waals surface area (Å²) >= 11 is 0. The fourth-order valence-electron chi connectivity index (χ4n) is 3.78. The van der Waals surface area contributed by atoms with Gasteiger partial charge < -0.3 is 47.1 Å². The minimum absolute atomic E-state index is 0.0281. The van der Waals surface area contributed by atoms with E-state index in [1.807, 2.05) is 0 Å². The number of amides is 1. The molecule has 0 saturated heterocycles. The smallest absolute Gasteiger partial charge is 0.326 e. The number of rotatable bonds is 12. The van der Waals surface area contributed by atoms with Crippen LogP contribution < -0.4 is 32.6 Å². The number of nitrogens with two attached hydrogens (primary N) is 1. The van der Waals surface area contributed by atoms with Crippen molar-refractivity contribution in [3.63, 3.8) is 0 Å². The van der Waals surface area contributed by atoms with Gasteiger partial charge in [0, 0.05) is 30.8 Å². The molecular weight excluding hydrogens is 508 g/mol. The Morgan fingerprint density at radius 2 is 1.77 bits per heavy atom. The molecule has 0 unspecified atom stereocenters. The van der Waals surface area contributed by atoms with Gasteiger partial charge in [-0.3, -0.25) is 14.4 Å². The van der Waals surface area contributed by atoms with Crippen molar-refractivity contribution >= 4 is 41.0 Å². The number of carboxylic acids is 2. The minimum Gasteiger partial charge on any atom is -0.481 e. The molecule has 0 spiro atoms. The van der Waals surface area contributed by atoms with Gasteiger partial charge in [-0.1, -0.05) is 20.8 Å². The lowest BCUT2D eigenvalue weighted by molar-refractivity contribution is -0.140. The Bertz CT molecular complexity index is 1160. The second kappa shape index (κ2) is 15.2. The summed E-state index contributed by atoms with van der Waals surface area (Å²) in [5, 5.41) is 29.5. The zero-order valence-corrected chi connectivity index (χ0v) is 22.4. The predicted octanol–water partition coefficient (Wildman–Crippen LogP) is 1.07. The van der Waals surface area contributed by atoms with Crippen LogP contribution in [0.1, 0.15) is 44.0 Å². The van der Waals surface area contributed by atoms with Gasteiger partial charge in [-0.05, 0) is 50.3 Å². The molecule has 1 aliphatic heterocycles. The lowest BCUT2D eigenvalue weighted by atomic mass is 10.1. The summed E-state index contributed by atoms with van der Waals surface area (Å²) in [4.78, 5) is 54.9. The summed E-state index contributed by atoms with van der Waals surface area (Å²) in [5.41, 5.74) is 6.31. The molecule has 214 valence electrons. The van der Waals surface area contributed by atoms with E-state index in [2.05, 4.69) is 56.9 Å². The Balaban J connectivity index is 0.000000673. The lowest BCUT2D eigenvalue weighted by Gasteiger charge is -2.27. The van der Waals surface area contributed by atoms with Crippen LogP contribution in [0.2, 0.25) is 0 Å². The normalized spacial score (nSPS) is 14.5. The molecule has 0 fully saturated rings. The fourth-order valence-corrected chi connectivity index (χ4v) is 3.78. The highest BCUT2D eigenvalue weighted by atomic mass is 16.4. The number of carbonyl (C=O) groups excluding carboxylic acids is 1. The number of carboxylic acid groups (broad SMARTS) is 2. The quantitative estimate of drug-likeness (QED) is 0.188. The molecule has 0 radical (unpaired) electrons. The predicted molar refractivity (Wildman–Crippen MR) is 149 cm³/mol.